The van der Waals surface area contributed by atoms with Gasteiger partial charge in [0, 0.05) is 21.6 Å². The van der Waals surface area contributed by atoms with Gasteiger partial charge < -0.3 is 0 Å². The van der Waals surface area contributed by atoms with E-state index in [0.717, 1.165) is 22.2 Å². The van der Waals surface area contributed by atoms with Gasteiger partial charge in [0.2, 0.25) is 0 Å². The Hall–Kier alpha value is -2.20. The van der Waals surface area contributed by atoms with Crippen LogP contribution in [-0.4, -0.2) is 20.9 Å². The Morgan fingerprint density at radius 2 is 1.81 bits per heavy atom. The zero-order valence-electron chi connectivity index (χ0n) is 15.6. The van der Waals surface area contributed by atoms with E-state index in [9.17, 15) is 4.39 Å². The van der Waals surface area contributed by atoms with Crippen molar-refractivity contribution < 1.29 is 4.39 Å². The molecule has 0 radical (unpaired) electrons. The first kappa shape index (κ1) is 17.2. The molecular weight excluding hydrogens is 349 g/mol. The van der Waals surface area contributed by atoms with E-state index in [4.69, 9.17) is 16.6 Å². The maximum absolute atomic E-state index is 14.9. The third-order valence-electron chi connectivity index (χ3n) is 5.93. The Kier molecular flexibility index (Phi) is 3.58. The topological polar surface area (TPSA) is 30.2 Å². The van der Waals surface area contributed by atoms with Crippen LogP contribution in [-0.2, 0) is 5.41 Å². The first-order chi connectivity index (χ1) is 12.1. The zero-order valence-corrected chi connectivity index (χ0v) is 16.3. The molecule has 0 N–H and O–H groups in total. The molecule has 2 heterocycles. The van der Waals surface area contributed by atoms with Crippen LogP contribution in [0.1, 0.15) is 44.4 Å². The fraction of sp³-hybridized carbons (Fsp3) is 0.333. The average Bonchev–Trinajstić information content (AvgIpc) is 2.99. The van der Waals surface area contributed by atoms with E-state index >= 15 is 0 Å². The summed E-state index contributed by atoms with van der Waals surface area (Å²) in [4.78, 5) is 9.57. The van der Waals surface area contributed by atoms with Gasteiger partial charge in [0.05, 0.1) is 16.6 Å². The number of hydrogen-bond donors (Lipinski definition) is 0. The summed E-state index contributed by atoms with van der Waals surface area (Å²) in [5.41, 5.74) is 3.27. The van der Waals surface area contributed by atoms with Crippen LogP contribution < -0.4 is 0 Å². The monoisotopic (exact) mass is 369 g/mol. The predicted octanol–water partition coefficient (Wildman–Crippen LogP) is 5.50. The largest absolute Gasteiger partial charge is 0.283 e. The van der Waals surface area contributed by atoms with E-state index < -0.39 is 11.0 Å². The lowest BCUT2D eigenvalue weighted by molar-refractivity contribution is 0.292. The van der Waals surface area contributed by atoms with Crippen LogP contribution in [0.3, 0.4) is 0 Å². The Morgan fingerprint density at radius 3 is 2.54 bits per heavy atom. The number of aromatic nitrogens is 2. The molecule has 134 valence electrons. The van der Waals surface area contributed by atoms with Crippen molar-refractivity contribution in [1.82, 2.24) is 9.55 Å². The summed E-state index contributed by atoms with van der Waals surface area (Å²) < 4.78 is 16.8. The Bertz CT molecular complexity index is 1080. The molecule has 0 amide bonds. The number of halogens is 2. The summed E-state index contributed by atoms with van der Waals surface area (Å²) >= 11 is 6.24. The molecular formula is C21H21ClFN3. The molecule has 2 aromatic carbocycles. The summed E-state index contributed by atoms with van der Waals surface area (Å²) in [6.07, 6.45) is 1.75. The van der Waals surface area contributed by atoms with E-state index in [1.54, 1.807) is 12.4 Å². The number of aliphatic imine (C=N–C) groups is 1. The van der Waals surface area contributed by atoms with Gasteiger partial charge in [-0.05, 0) is 44.5 Å². The predicted molar refractivity (Wildman–Crippen MR) is 105 cm³/mol. The van der Waals surface area contributed by atoms with E-state index in [-0.39, 0.29) is 5.82 Å². The van der Waals surface area contributed by atoms with Gasteiger partial charge in [0.15, 0.2) is 0 Å². The van der Waals surface area contributed by atoms with Gasteiger partial charge >= 0.3 is 0 Å². The van der Waals surface area contributed by atoms with Crippen LogP contribution in [0.4, 0.5) is 4.39 Å². The molecule has 1 aliphatic heterocycles. The van der Waals surface area contributed by atoms with Crippen molar-refractivity contribution in [2.24, 2.45) is 4.99 Å². The van der Waals surface area contributed by atoms with E-state index in [2.05, 4.69) is 4.98 Å². The summed E-state index contributed by atoms with van der Waals surface area (Å²) in [5.74, 6) is 0.518. The first-order valence-corrected chi connectivity index (χ1v) is 9.05. The Morgan fingerprint density at radius 1 is 1.08 bits per heavy atom. The highest BCUT2D eigenvalue weighted by atomic mass is 35.5. The van der Waals surface area contributed by atoms with E-state index in [0.29, 0.717) is 16.4 Å². The third kappa shape index (κ3) is 2.18. The van der Waals surface area contributed by atoms with Gasteiger partial charge in [-0.1, -0.05) is 37.6 Å². The smallest absolute Gasteiger partial charge is 0.141 e. The van der Waals surface area contributed by atoms with Crippen molar-refractivity contribution in [3.8, 4) is 0 Å². The number of benzene rings is 2. The standard InChI is InChI=1S/C21H21ClFN3/c1-12-14(22)9-10-16-18(12)24-11-26(16)19-13-7-6-8-15(23)17(13)20(2,3)21(4,5)25-19/h6-11H,1-5H3. The van der Waals surface area contributed by atoms with Crippen molar-refractivity contribution in [2.45, 2.75) is 45.6 Å². The maximum atomic E-state index is 14.9. The number of imidazole rings is 1. The second kappa shape index (κ2) is 5.40. The molecule has 0 spiro atoms. The van der Waals surface area contributed by atoms with Crippen molar-refractivity contribution >= 4 is 28.5 Å². The molecule has 0 aliphatic carbocycles. The van der Waals surface area contributed by atoms with Crippen LogP contribution >= 0.6 is 11.6 Å². The first-order valence-electron chi connectivity index (χ1n) is 8.67. The lowest BCUT2D eigenvalue weighted by atomic mass is 9.66. The Balaban J connectivity index is 2.06. The number of fused-ring (bicyclic) bond motifs is 2. The minimum atomic E-state index is -0.477. The van der Waals surface area contributed by atoms with Gasteiger partial charge in [-0.3, -0.25) is 9.56 Å². The number of aryl methyl sites for hydroxylation is 1. The van der Waals surface area contributed by atoms with Gasteiger partial charge in [0.1, 0.15) is 18.0 Å². The van der Waals surface area contributed by atoms with E-state index in [1.165, 1.54) is 6.07 Å². The molecule has 0 saturated carbocycles. The second-order valence-corrected chi connectivity index (χ2v) is 8.34. The fourth-order valence-corrected chi connectivity index (χ4v) is 3.82. The molecule has 0 unspecified atom stereocenters. The van der Waals surface area contributed by atoms with Crippen LogP contribution in [0.2, 0.25) is 5.02 Å². The summed E-state index contributed by atoms with van der Waals surface area (Å²) in [6, 6.07) is 8.99. The highest BCUT2D eigenvalue weighted by Gasteiger charge is 2.45. The number of rotatable bonds is 0. The van der Waals surface area contributed by atoms with Gasteiger partial charge in [-0.15, -0.1) is 0 Å². The molecule has 4 rings (SSSR count). The zero-order chi connectivity index (χ0) is 18.9. The van der Waals surface area contributed by atoms with Crippen molar-refractivity contribution in [2.75, 3.05) is 0 Å². The molecule has 3 nitrogen and oxygen atoms in total. The van der Waals surface area contributed by atoms with Crippen molar-refractivity contribution in [1.29, 1.82) is 0 Å². The molecule has 0 fully saturated rings. The third-order valence-corrected chi connectivity index (χ3v) is 6.34. The fourth-order valence-electron chi connectivity index (χ4n) is 3.67. The molecule has 0 atom stereocenters. The SMILES string of the molecule is Cc1c(Cl)ccc2c1ncn2C1=NC(C)(C)C(C)(C)c2c(F)cccc21. The lowest BCUT2D eigenvalue weighted by Crippen LogP contribution is -2.47. The summed E-state index contributed by atoms with van der Waals surface area (Å²) in [5, 5.41) is 0.682. The lowest BCUT2D eigenvalue weighted by Gasteiger charge is -2.44. The second-order valence-electron chi connectivity index (χ2n) is 7.94. The average molecular weight is 370 g/mol. The molecule has 5 heteroatoms. The summed E-state index contributed by atoms with van der Waals surface area (Å²) in [6.45, 7) is 10.1. The van der Waals surface area contributed by atoms with E-state index in [1.807, 2.05) is 57.4 Å². The highest BCUT2D eigenvalue weighted by molar-refractivity contribution is 6.32. The summed E-state index contributed by atoms with van der Waals surface area (Å²) in [7, 11) is 0. The molecule has 1 aromatic heterocycles. The Labute approximate surface area is 157 Å². The maximum Gasteiger partial charge on any atom is 0.141 e. The van der Waals surface area contributed by atoms with Crippen LogP contribution in [0.5, 0.6) is 0 Å². The van der Waals surface area contributed by atoms with Crippen molar-refractivity contribution in [3.63, 3.8) is 0 Å². The molecule has 26 heavy (non-hydrogen) atoms. The number of hydrogen-bond acceptors (Lipinski definition) is 2. The minimum absolute atomic E-state index is 0.198. The molecule has 3 aromatic rings. The quantitative estimate of drug-likeness (QED) is 0.514. The highest BCUT2D eigenvalue weighted by Crippen LogP contribution is 2.44. The van der Waals surface area contributed by atoms with Crippen LogP contribution in [0, 0.1) is 12.7 Å². The normalized spacial score (nSPS) is 17.9. The van der Waals surface area contributed by atoms with Crippen LogP contribution in [0.25, 0.3) is 11.0 Å². The molecule has 1 aliphatic rings. The van der Waals surface area contributed by atoms with Gasteiger partial charge in [-0.25, -0.2) is 9.37 Å². The molecule has 0 bridgehead atoms. The van der Waals surface area contributed by atoms with Crippen LogP contribution in [0.15, 0.2) is 41.7 Å². The van der Waals surface area contributed by atoms with Gasteiger partial charge in [-0.2, -0.15) is 0 Å². The van der Waals surface area contributed by atoms with Crippen molar-refractivity contribution in [3.05, 3.63) is 64.2 Å². The number of nitrogens with zero attached hydrogens (tertiary/aromatic N) is 3. The molecule has 0 saturated heterocycles. The minimum Gasteiger partial charge on any atom is -0.283 e. The van der Waals surface area contributed by atoms with Gasteiger partial charge in [0.25, 0.3) is 0 Å².